The average Bonchev–Trinajstić information content (AvgIpc) is 2.86. The molecule has 0 spiro atoms. The predicted molar refractivity (Wildman–Crippen MR) is 85.8 cm³/mol. The molecule has 0 bridgehead atoms. The molecule has 0 aliphatic heterocycles. The van der Waals surface area contributed by atoms with E-state index in [2.05, 4.69) is 32.8 Å². The number of aliphatic carboxylic acids is 1. The lowest BCUT2D eigenvalue weighted by Gasteiger charge is -2.13. The largest absolute Gasteiger partial charge is 0.480 e. The number of carbonyl (C=O) groups is 2. The molecule has 0 aliphatic carbocycles. The number of alkyl carbamates (subject to hydrolysis) is 1. The lowest BCUT2D eigenvalue weighted by Crippen LogP contribution is -2.42. The summed E-state index contributed by atoms with van der Waals surface area (Å²) in [5, 5.41) is 12.5. The maximum absolute atomic E-state index is 11.5. The zero-order valence-corrected chi connectivity index (χ0v) is 13.2. The molecule has 0 saturated carbocycles. The highest BCUT2D eigenvalue weighted by Gasteiger charge is 2.22. The van der Waals surface area contributed by atoms with Gasteiger partial charge in [-0.05, 0) is 23.8 Å². The van der Waals surface area contributed by atoms with Crippen molar-refractivity contribution in [3.05, 3.63) is 47.1 Å². The fourth-order valence-electron chi connectivity index (χ4n) is 2.06. The van der Waals surface area contributed by atoms with Gasteiger partial charge in [-0.25, -0.2) is 9.59 Å². The van der Waals surface area contributed by atoms with Gasteiger partial charge >= 0.3 is 12.1 Å². The Bertz CT molecular complexity index is 711. The van der Waals surface area contributed by atoms with Gasteiger partial charge in [0.1, 0.15) is 12.6 Å². The fraction of sp³-hybridized carbons (Fsp3) is 0.200. The number of amides is 1. The zero-order valence-electron chi connectivity index (χ0n) is 11.6. The quantitative estimate of drug-likeness (QED) is 0.685. The normalized spacial score (nSPS) is 11.9. The van der Waals surface area contributed by atoms with Crippen molar-refractivity contribution in [2.75, 3.05) is 6.61 Å². The van der Waals surface area contributed by atoms with Crippen LogP contribution in [0, 0.1) is 0 Å². The van der Waals surface area contributed by atoms with Crippen LogP contribution in [0.4, 0.5) is 4.79 Å². The van der Waals surface area contributed by atoms with Crippen LogP contribution in [0.5, 0.6) is 0 Å². The zero-order chi connectivity index (χ0) is 16.1. The van der Waals surface area contributed by atoms with Gasteiger partial charge in [-0.1, -0.05) is 28.6 Å². The number of fused-ring (bicyclic) bond motifs is 1. The number of aromatic nitrogens is 1. The first-order chi connectivity index (χ1) is 10.5. The first-order valence-electron chi connectivity index (χ1n) is 6.53. The number of nitrogens with one attached hydrogen (secondary N) is 2. The van der Waals surface area contributed by atoms with Crippen LogP contribution >= 0.6 is 15.9 Å². The van der Waals surface area contributed by atoms with Crippen LogP contribution in [0.3, 0.4) is 0 Å². The van der Waals surface area contributed by atoms with E-state index in [-0.39, 0.29) is 13.0 Å². The Kier molecular flexibility index (Phi) is 5.21. The Labute approximate surface area is 135 Å². The summed E-state index contributed by atoms with van der Waals surface area (Å²) in [4.78, 5) is 25.9. The Hall–Kier alpha value is -2.28. The van der Waals surface area contributed by atoms with Crippen LogP contribution in [-0.4, -0.2) is 34.8 Å². The lowest BCUT2D eigenvalue weighted by molar-refractivity contribution is -0.139. The number of carboxylic acids is 1. The number of benzene rings is 1. The number of hydrogen-bond donors (Lipinski definition) is 3. The highest BCUT2D eigenvalue weighted by molar-refractivity contribution is 9.10. The minimum atomic E-state index is -1.13. The van der Waals surface area contributed by atoms with Crippen molar-refractivity contribution in [2.24, 2.45) is 0 Å². The van der Waals surface area contributed by atoms with Crippen LogP contribution in [0.2, 0.25) is 0 Å². The SMILES string of the molecule is C=CCOC(=O)NC(Cc1c[nH]c2ccc(Br)cc12)C(=O)O. The highest BCUT2D eigenvalue weighted by atomic mass is 79.9. The first kappa shape index (κ1) is 16.1. The molecule has 7 heteroatoms. The molecule has 1 atom stereocenters. The van der Waals surface area contributed by atoms with E-state index in [1.165, 1.54) is 6.08 Å². The number of ether oxygens (including phenoxy) is 1. The van der Waals surface area contributed by atoms with Gasteiger partial charge in [0.05, 0.1) is 0 Å². The monoisotopic (exact) mass is 366 g/mol. The topological polar surface area (TPSA) is 91.4 Å². The Morgan fingerprint density at radius 2 is 2.27 bits per heavy atom. The molecule has 0 radical (unpaired) electrons. The van der Waals surface area contributed by atoms with Crippen molar-refractivity contribution in [3.63, 3.8) is 0 Å². The molecule has 2 rings (SSSR count). The molecule has 22 heavy (non-hydrogen) atoms. The second kappa shape index (κ2) is 7.13. The van der Waals surface area contributed by atoms with Gasteiger partial charge in [-0.2, -0.15) is 0 Å². The standard InChI is InChI=1S/C15H15BrN2O4/c1-2-5-22-15(21)18-13(14(19)20)6-9-8-17-12-4-3-10(16)7-11(9)12/h2-4,7-8,13,17H,1,5-6H2,(H,18,21)(H,19,20). The summed E-state index contributed by atoms with van der Waals surface area (Å²) in [5.41, 5.74) is 1.70. The van der Waals surface area contributed by atoms with E-state index in [4.69, 9.17) is 4.74 Å². The van der Waals surface area contributed by atoms with Crippen molar-refractivity contribution < 1.29 is 19.4 Å². The Balaban J connectivity index is 2.16. The molecule has 2 aromatic rings. The van der Waals surface area contributed by atoms with Crippen molar-refractivity contribution >= 4 is 38.9 Å². The summed E-state index contributed by atoms with van der Waals surface area (Å²) in [7, 11) is 0. The summed E-state index contributed by atoms with van der Waals surface area (Å²) in [6, 6.07) is 4.61. The third kappa shape index (κ3) is 3.88. The smallest absolute Gasteiger partial charge is 0.408 e. The van der Waals surface area contributed by atoms with Gasteiger partial charge in [0.25, 0.3) is 0 Å². The maximum Gasteiger partial charge on any atom is 0.408 e. The minimum absolute atomic E-state index is 0.0260. The molecule has 116 valence electrons. The third-order valence-electron chi connectivity index (χ3n) is 3.08. The average molecular weight is 367 g/mol. The highest BCUT2D eigenvalue weighted by Crippen LogP contribution is 2.23. The fourth-order valence-corrected chi connectivity index (χ4v) is 2.42. The summed E-state index contributed by atoms with van der Waals surface area (Å²) in [6.07, 6.45) is 2.51. The molecule has 1 amide bonds. The molecule has 1 heterocycles. The number of rotatable bonds is 6. The van der Waals surface area contributed by atoms with E-state index in [1.807, 2.05) is 18.2 Å². The third-order valence-corrected chi connectivity index (χ3v) is 3.57. The number of halogens is 1. The molecule has 6 nitrogen and oxygen atoms in total. The van der Waals surface area contributed by atoms with Gasteiger partial charge in [-0.15, -0.1) is 0 Å². The molecule has 0 aliphatic rings. The van der Waals surface area contributed by atoms with Crippen molar-refractivity contribution in [1.29, 1.82) is 0 Å². The summed E-state index contributed by atoms with van der Waals surface area (Å²) < 4.78 is 5.65. The number of carboxylic acid groups (broad SMARTS) is 1. The molecule has 1 aromatic carbocycles. The van der Waals surface area contributed by atoms with Gasteiger partial charge in [0, 0.05) is 28.0 Å². The summed E-state index contributed by atoms with van der Waals surface area (Å²) in [6.45, 7) is 3.45. The molecular weight excluding hydrogens is 352 g/mol. The summed E-state index contributed by atoms with van der Waals surface area (Å²) >= 11 is 3.39. The van der Waals surface area contributed by atoms with Crippen molar-refractivity contribution in [2.45, 2.75) is 12.5 Å². The van der Waals surface area contributed by atoms with E-state index >= 15 is 0 Å². The van der Waals surface area contributed by atoms with E-state index in [0.29, 0.717) is 0 Å². The predicted octanol–water partition coefficient (Wildman–Crippen LogP) is 2.84. The Morgan fingerprint density at radius 1 is 1.50 bits per heavy atom. The maximum atomic E-state index is 11.5. The molecule has 3 N–H and O–H groups in total. The molecule has 1 aromatic heterocycles. The minimum Gasteiger partial charge on any atom is -0.480 e. The van der Waals surface area contributed by atoms with Crippen molar-refractivity contribution in [1.82, 2.24) is 10.3 Å². The molecular formula is C15H15BrN2O4. The molecule has 0 fully saturated rings. The Morgan fingerprint density at radius 3 is 2.95 bits per heavy atom. The van der Waals surface area contributed by atoms with Gasteiger partial charge in [0.15, 0.2) is 0 Å². The van der Waals surface area contributed by atoms with Crippen molar-refractivity contribution in [3.8, 4) is 0 Å². The van der Waals surface area contributed by atoms with Crippen LogP contribution in [-0.2, 0) is 16.0 Å². The molecule has 1 unspecified atom stereocenters. The van der Waals surface area contributed by atoms with E-state index in [1.54, 1.807) is 6.20 Å². The second-order valence-electron chi connectivity index (χ2n) is 4.63. The van der Waals surface area contributed by atoms with Crippen LogP contribution in [0.1, 0.15) is 5.56 Å². The number of carbonyl (C=O) groups excluding carboxylic acids is 1. The second-order valence-corrected chi connectivity index (χ2v) is 5.55. The van der Waals surface area contributed by atoms with E-state index < -0.39 is 18.1 Å². The van der Waals surface area contributed by atoms with E-state index in [0.717, 1.165) is 20.9 Å². The number of H-pyrrole nitrogens is 1. The van der Waals surface area contributed by atoms with E-state index in [9.17, 15) is 14.7 Å². The first-order valence-corrected chi connectivity index (χ1v) is 7.33. The van der Waals surface area contributed by atoms with Crippen LogP contribution in [0.25, 0.3) is 10.9 Å². The number of aromatic amines is 1. The molecule has 0 saturated heterocycles. The van der Waals surface area contributed by atoms with Crippen LogP contribution in [0.15, 0.2) is 41.5 Å². The van der Waals surface area contributed by atoms with Gasteiger partial charge in [0.2, 0.25) is 0 Å². The summed E-state index contributed by atoms with van der Waals surface area (Å²) in [5.74, 6) is -1.13. The van der Waals surface area contributed by atoms with Gasteiger partial charge < -0.3 is 20.1 Å². The van der Waals surface area contributed by atoms with Crippen LogP contribution < -0.4 is 5.32 Å². The number of hydrogen-bond acceptors (Lipinski definition) is 3. The lowest BCUT2D eigenvalue weighted by atomic mass is 10.1. The van der Waals surface area contributed by atoms with Gasteiger partial charge in [-0.3, -0.25) is 0 Å².